The van der Waals surface area contributed by atoms with Crippen molar-refractivity contribution in [1.82, 2.24) is 29.1 Å². The molecule has 0 amide bonds. The maximum Gasteiger partial charge on any atom is 0.181 e. The smallest absolute Gasteiger partial charge is 0.181 e. The molecule has 3 aromatic heterocycles. The zero-order valence-electron chi connectivity index (χ0n) is 12.5. The number of hydrogen-bond donors (Lipinski definition) is 1. The summed E-state index contributed by atoms with van der Waals surface area (Å²) in [6.07, 6.45) is 7.52. The zero-order valence-corrected chi connectivity index (χ0v) is 12.5. The summed E-state index contributed by atoms with van der Waals surface area (Å²) < 4.78 is 4.13. The average molecular weight is 292 g/mol. The van der Waals surface area contributed by atoms with Crippen molar-refractivity contribution in [2.45, 2.75) is 20.4 Å². The van der Waals surface area contributed by atoms with E-state index in [-0.39, 0.29) is 0 Å². The Morgan fingerprint density at radius 2 is 1.91 bits per heavy atom. The Kier molecular flexibility index (Phi) is 2.82. The van der Waals surface area contributed by atoms with E-state index in [1.165, 1.54) is 0 Å². The lowest BCUT2D eigenvalue weighted by Crippen LogP contribution is -2.03. The van der Waals surface area contributed by atoms with Crippen molar-refractivity contribution in [1.29, 1.82) is 0 Å². The molecule has 0 bridgehead atoms. The van der Waals surface area contributed by atoms with Crippen LogP contribution in [0.5, 0.6) is 0 Å². The van der Waals surface area contributed by atoms with Crippen LogP contribution in [0.3, 0.4) is 0 Å². The number of rotatable bonds is 3. The number of hydrogen-bond acceptors (Lipinski definition) is 3. The van der Waals surface area contributed by atoms with Crippen LogP contribution >= 0.6 is 0 Å². The normalized spacial score (nSPS) is 11.4. The van der Waals surface area contributed by atoms with Crippen LogP contribution < -0.4 is 0 Å². The Morgan fingerprint density at radius 3 is 2.77 bits per heavy atom. The first kappa shape index (κ1) is 12.8. The number of nitrogens with one attached hydrogen (secondary N) is 1. The van der Waals surface area contributed by atoms with E-state index in [9.17, 15) is 0 Å². The van der Waals surface area contributed by atoms with E-state index in [4.69, 9.17) is 0 Å². The molecule has 110 valence electrons. The molecule has 0 unspecified atom stereocenters. The maximum atomic E-state index is 4.48. The minimum absolute atomic E-state index is 0.836. The van der Waals surface area contributed by atoms with Crippen molar-refractivity contribution in [3.05, 3.63) is 48.8 Å². The third kappa shape index (κ3) is 1.92. The van der Waals surface area contributed by atoms with E-state index in [0.29, 0.717) is 0 Å². The first-order valence-electron chi connectivity index (χ1n) is 7.28. The van der Waals surface area contributed by atoms with E-state index in [1.54, 1.807) is 12.4 Å². The lowest BCUT2D eigenvalue weighted by molar-refractivity contribution is 0.762. The second kappa shape index (κ2) is 4.84. The number of fused-ring (bicyclic) bond motifs is 1. The number of nitrogens with zero attached hydrogens (tertiary/aromatic N) is 5. The first-order valence-corrected chi connectivity index (χ1v) is 7.28. The number of H-pyrrole nitrogens is 1. The minimum atomic E-state index is 0.836. The fourth-order valence-electron chi connectivity index (χ4n) is 2.72. The Hall–Kier alpha value is -2.89. The largest absolute Gasteiger partial charge is 0.342 e. The van der Waals surface area contributed by atoms with Gasteiger partial charge in [-0.15, -0.1) is 0 Å². The highest BCUT2D eigenvalue weighted by atomic mass is 15.2. The summed E-state index contributed by atoms with van der Waals surface area (Å²) in [7, 11) is 0. The van der Waals surface area contributed by atoms with Crippen LogP contribution in [-0.4, -0.2) is 29.1 Å². The second-order valence-corrected chi connectivity index (χ2v) is 5.18. The molecule has 1 N–H and O–H groups in total. The van der Waals surface area contributed by atoms with E-state index in [2.05, 4.69) is 37.5 Å². The molecular formula is C16H16N6. The Balaban J connectivity index is 1.87. The van der Waals surface area contributed by atoms with Gasteiger partial charge in [-0.3, -0.25) is 4.57 Å². The molecule has 6 nitrogen and oxygen atoms in total. The molecule has 6 heteroatoms. The minimum Gasteiger partial charge on any atom is -0.342 e. The molecule has 22 heavy (non-hydrogen) atoms. The third-order valence-corrected chi connectivity index (χ3v) is 3.76. The zero-order chi connectivity index (χ0) is 15.1. The standard InChI is InChI=1S/C16H16N6/c1-3-21-8-6-17-15(21)16-18-7-9-22(16)12-4-5-13-14(10-12)20-11(2)19-13/h4-10H,3H2,1-2H3,(H,19,20). The van der Waals surface area contributed by atoms with E-state index >= 15 is 0 Å². The van der Waals surface area contributed by atoms with Crippen molar-refractivity contribution in [3.63, 3.8) is 0 Å². The van der Waals surface area contributed by atoms with Crippen LogP contribution in [0.25, 0.3) is 28.4 Å². The Bertz CT molecular complexity index is 943. The van der Waals surface area contributed by atoms with Gasteiger partial charge >= 0.3 is 0 Å². The van der Waals surface area contributed by atoms with E-state index < -0.39 is 0 Å². The molecule has 1 aromatic carbocycles. The summed E-state index contributed by atoms with van der Waals surface area (Å²) in [5.74, 6) is 2.62. The molecule has 0 atom stereocenters. The SMILES string of the molecule is CCn1ccnc1-c1nccn1-c1ccc2nc(C)[nH]c2c1. The lowest BCUT2D eigenvalue weighted by atomic mass is 10.2. The van der Waals surface area contributed by atoms with Crippen LogP contribution in [0, 0.1) is 6.92 Å². The van der Waals surface area contributed by atoms with E-state index in [1.807, 2.05) is 36.0 Å². The summed E-state index contributed by atoms with van der Waals surface area (Å²) in [5, 5.41) is 0. The molecule has 4 aromatic rings. The van der Waals surface area contributed by atoms with Gasteiger partial charge in [-0.05, 0) is 32.0 Å². The predicted octanol–water partition coefficient (Wildman–Crippen LogP) is 2.94. The second-order valence-electron chi connectivity index (χ2n) is 5.18. The van der Waals surface area contributed by atoms with Gasteiger partial charge in [0.2, 0.25) is 0 Å². The van der Waals surface area contributed by atoms with Gasteiger partial charge in [-0.2, -0.15) is 0 Å². The Morgan fingerprint density at radius 1 is 1.09 bits per heavy atom. The topological polar surface area (TPSA) is 64.3 Å². The van der Waals surface area contributed by atoms with Gasteiger partial charge in [0.1, 0.15) is 5.82 Å². The van der Waals surface area contributed by atoms with E-state index in [0.717, 1.165) is 40.7 Å². The number of aromatic amines is 1. The third-order valence-electron chi connectivity index (χ3n) is 3.76. The fourth-order valence-corrected chi connectivity index (χ4v) is 2.72. The van der Waals surface area contributed by atoms with Gasteiger partial charge in [0.25, 0.3) is 0 Å². The van der Waals surface area contributed by atoms with Gasteiger partial charge < -0.3 is 9.55 Å². The molecule has 0 spiro atoms. The Labute approximate surface area is 127 Å². The molecule has 0 radical (unpaired) electrons. The lowest BCUT2D eigenvalue weighted by Gasteiger charge is -2.09. The molecule has 0 fully saturated rings. The number of aryl methyl sites for hydroxylation is 2. The first-order chi connectivity index (χ1) is 10.8. The summed E-state index contributed by atoms with van der Waals surface area (Å²) in [6, 6.07) is 6.15. The quantitative estimate of drug-likeness (QED) is 0.631. The highest BCUT2D eigenvalue weighted by Gasteiger charge is 2.13. The number of benzene rings is 1. The summed E-state index contributed by atoms with van der Waals surface area (Å²) in [6.45, 7) is 4.92. The fraction of sp³-hybridized carbons (Fsp3) is 0.188. The molecule has 0 aliphatic rings. The maximum absolute atomic E-state index is 4.48. The number of imidazole rings is 3. The van der Waals surface area contributed by atoms with Gasteiger partial charge in [-0.25, -0.2) is 15.0 Å². The monoisotopic (exact) mass is 292 g/mol. The van der Waals surface area contributed by atoms with Crippen LogP contribution in [-0.2, 0) is 6.54 Å². The van der Waals surface area contributed by atoms with Crippen molar-refractivity contribution in [2.24, 2.45) is 0 Å². The van der Waals surface area contributed by atoms with Gasteiger partial charge in [-0.1, -0.05) is 0 Å². The summed E-state index contributed by atoms with van der Waals surface area (Å²) in [4.78, 5) is 16.6. The molecule has 0 aliphatic carbocycles. The highest BCUT2D eigenvalue weighted by Crippen LogP contribution is 2.22. The van der Waals surface area contributed by atoms with Crippen molar-refractivity contribution < 1.29 is 0 Å². The molecule has 3 heterocycles. The van der Waals surface area contributed by atoms with Crippen LogP contribution in [0.15, 0.2) is 43.0 Å². The van der Waals surface area contributed by atoms with Crippen molar-refractivity contribution in [3.8, 4) is 17.3 Å². The molecule has 0 saturated heterocycles. The molecule has 4 rings (SSSR count). The van der Waals surface area contributed by atoms with Crippen LogP contribution in [0.1, 0.15) is 12.7 Å². The summed E-state index contributed by atoms with van der Waals surface area (Å²) >= 11 is 0. The molecule has 0 aliphatic heterocycles. The van der Waals surface area contributed by atoms with Crippen LogP contribution in [0.4, 0.5) is 0 Å². The summed E-state index contributed by atoms with van der Waals surface area (Å²) in [5.41, 5.74) is 3.03. The highest BCUT2D eigenvalue weighted by molar-refractivity contribution is 5.78. The van der Waals surface area contributed by atoms with Crippen LogP contribution in [0.2, 0.25) is 0 Å². The van der Waals surface area contributed by atoms with Gasteiger partial charge in [0.15, 0.2) is 11.6 Å². The average Bonchev–Trinajstić information content (AvgIpc) is 3.23. The van der Waals surface area contributed by atoms with Crippen molar-refractivity contribution >= 4 is 11.0 Å². The van der Waals surface area contributed by atoms with Gasteiger partial charge in [0, 0.05) is 37.0 Å². The molecule has 0 saturated carbocycles. The molecular weight excluding hydrogens is 276 g/mol. The predicted molar refractivity (Wildman–Crippen MR) is 84.8 cm³/mol. The van der Waals surface area contributed by atoms with Gasteiger partial charge in [0.05, 0.1) is 11.0 Å². The van der Waals surface area contributed by atoms with Crippen molar-refractivity contribution in [2.75, 3.05) is 0 Å². The number of aromatic nitrogens is 6.